The highest BCUT2D eigenvalue weighted by Crippen LogP contribution is 2.29. The van der Waals surface area contributed by atoms with E-state index < -0.39 is 11.5 Å². The maximum atomic E-state index is 12.5. The fourth-order valence-electron chi connectivity index (χ4n) is 2.76. The van der Waals surface area contributed by atoms with Crippen molar-refractivity contribution in [3.63, 3.8) is 0 Å². The molecule has 1 aliphatic rings. The zero-order chi connectivity index (χ0) is 17.3. The fourth-order valence-corrected chi connectivity index (χ4v) is 3.91. The maximum absolute atomic E-state index is 12.5. The molecule has 0 radical (unpaired) electrons. The lowest BCUT2D eigenvalue weighted by Gasteiger charge is -2.19. The van der Waals surface area contributed by atoms with Crippen LogP contribution in [0.25, 0.3) is 0 Å². The van der Waals surface area contributed by atoms with Crippen molar-refractivity contribution in [3.8, 4) is 0 Å². The Morgan fingerprint density at radius 2 is 2.04 bits per heavy atom. The maximum Gasteiger partial charge on any atom is 0.331 e. The molecule has 24 heavy (non-hydrogen) atoms. The van der Waals surface area contributed by atoms with Gasteiger partial charge in [-0.3, -0.25) is 9.48 Å². The number of aliphatic carboxylic acids is 1. The van der Waals surface area contributed by atoms with Crippen molar-refractivity contribution in [2.24, 2.45) is 0 Å². The topological polar surface area (TPSA) is 84.2 Å². The smallest absolute Gasteiger partial charge is 0.331 e. The number of carbonyl (C=O) groups is 2. The molecular weight excluding hydrogens is 326 g/mol. The highest BCUT2D eigenvalue weighted by Gasteiger charge is 2.30. The van der Waals surface area contributed by atoms with Crippen LogP contribution in [0.4, 0.5) is 5.69 Å². The van der Waals surface area contributed by atoms with Crippen LogP contribution >= 0.6 is 11.3 Å². The molecule has 2 aromatic rings. The van der Waals surface area contributed by atoms with Crippen LogP contribution in [0.3, 0.4) is 0 Å². The highest BCUT2D eigenvalue weighted by molar-refractivity contribution is 7.14. The summed E-state index contributed by atoms with van der Waals surface area (Å²) < 4.78 is 1.34. The third kappa shape index (κ3) is 3.21. The molecule has 0 fully saturated rings. The number of rotatable bonds is 4. The summed E-state index contributed by atoms with van der Waals surface area (Å²) in [7, 11) is 0. The molecule has 2 N–H and O–H groups in total. The number of hydrogen-bond acceptors (Lipinski definition) is 4. The van der Waals surface area contributed by atoms with Gasteiger partial charge in [-0.2, -0.15) is 5.10 Å². The Balaban J connectivity index is 1.74. The Kier molecular flexibility index (Phi) is 4.45. The van der Waals surface area contributed by atoms with Gasteiger partial charge in [0.1, 0.15) is 0 Å². The Morgan fingerprint density at radius 3 is 2.79 bits per heavy atom. The molecule has 2 aromatic heterocycles. The third-order valence-electron chi connectivity index (χ3n) is 4.41. The number of fused-ring (bicyclic) bond motifs is 1. The van der Waals surface area contributed by atoms with E-state index in [9.17, 15) is 14.7 Å². The summed E-state index contributed by atoms with van der Waals surface area (Å²) in [6.07, 6.45) is 8.74. The second-order valence-corrected chi connectivity index (χ2v) is 7.75. The number of carboxylic acids is 1. The lowest BCUT2D eigenvalue weighted by atomic mass is 10.1. The van der Waals surface area contributed by atoms with Gasteiger partial charge in [-0.05, 0) is 51.2 Å². The Morgan fingerprint density at radius 1 is 1.29 bits per heavy atom. The van der Waals surface area contributed by atoms with Gasteiger partial charge >= 0.3 is 5.97 Å². The van der Waals surface area contributed by atoms with Gasteiger partial charge in [0.2, 0.25) is 0 Å². The van der Waals surface area contributed by atoms with Crippen LogP contribution in [0, 0.1) is 0 Å². The minimum atomic E-state index is -1.16. The minimum absolute atomic E-state index is 0.166. The molecule has 1 amide bonds. The van der Waals surface area contributed by atoms with E-state index in [2.05, 4.69) is 10.4 Å². The van der Waals surface area contributed by atoms with Gasteiger partial charge in [-0.1, -0.05) is 6.42 Å². The minimum Gasteiger partial charge on any atom is -0.479 e. The van der Waals surface area contributed by atoms with Gasteiger partial charge in [0.05, 0.1) is 16.8 Å². The summed E-state index contributed by atoms with van der Waals surface area (Å²) >= 11 is 1.56. The average molecular weight is 347 g/mol. The summed E-state index contributed by atoms with van der Waals surface area (Å²) in [4.78, 5) is 25.7. The van der Waals surface area contributed by atoms with Gasteiger partial charge in [-0.15, -0.1) is 11.3 Å². The fraction of sp³-hybridized carbons (Fsp3) is 0.471. The van der Waals surface area contributed by atoms with E-state index in [1.807, 2.05) is 6.07 Å². The molecule has 0 atom stereocenters. The summed E-state index contributed by atoms with van der Waals surface area (Å²) in [6, 6.07) is 1.99. The average Bonchev–Trinajstić information content (AvgIpc) is 3.10. The van der Waals surface area contributed by atoms with Gasteiger partial charge < -0.3 is 10.4 Å². The molecule has 0 unspecified atom stereocenters. The molecule has 0 aliphatic heterocycles. The van der Waals surface area contributed by atoms with Crippen molar-refractivity contribution in [2.45, 2.75) is 51.5 Å². The third-order valence-corrected chi connectivity index (χ3v) is 5.64. The number of carbonyl (C=O) groups excluding carboxylic acids is 1. The van der Waals surface area contributed by atoms with Crippen molar-refractivity contribution in [3.05, 3.63) is 33.8 Å². The number of nitrogens with zero attached hydrogens (tertiary/aromatic N) is 2. The SMILES string of the molecule is CC(C)(C(=O)O)n1cc(NC(=O)c2cc3c(s2)CCCCC3)cn1. The molecule has 0 saturated heterocycles. The Labute approximate surface area is 144 Å². The van der Waals surface area contributed by atoms with E-state index in [0.717, 1.165) is 12.8 Å². The molecule has 1 aliphatic carbocycles. The molecule has 0 aromatic carbocycles. The number of carboxylic acid groups (broad SMARTS) is 1. The van der Waals surface area contributed by atoms with Crippen molar-refractivity contribution < 1.29 is 14.7 Å². The first kappa shape index (κ1) is 16.7. The summed E-state index contributed by atoms with van der Waals surface area (Å²) in [5.74, 6) is -1.15. The molecule has 128 valence electrons. The second-order valence-electron chi connectivity index (χ2n) is 6.61. The Bertz CT molecular complexity index is 752. The lowest BCUT2D eigenvalue weighted by molar-refractivity contribution is -0.146. The molecule has 7 heteroatoms. The molecule has 3 rings (SSSR count). The van der Waals surface area contributed by atoms with E-state index >= 15 is 0 Å². The highest BCUT2D eigenvalue weighted by atomic mass is 32.1. The molecule has 6 nitrogen and oxygen atoms in total. The largest absolute Gasteiger partial charge is 0.479 e. The number of aromatic nitrogens is 2. The first-order valence-electron chi connectivity index (χ1n) is 8.09. The monoisotopic (exact) mass is 347 g/mol. The van der Waals surface area contributed by atoms with E-state index in [-0.39, 0.29) is 5.91 Å². The molecule has 2 heterocycles. The van der Waals surface area contributed by atoms with Crippen LogP contribution in [0.2, 0.25) is 0 Å². The number of aryl methyl sites for hydroxylation is 2. The predicted molar refractivity (Wildman–Crippen MR) is 92.7 cm³/mol. The zero-order valence-corrected chi connectivity index (χ0v) is 14.7. The van der Waals surface area contributed by atoms with Crippen molar-refractivity contribution in [1.82, 2.24) is 9.78 Å². The van der Waals surface area contributed by atoms with E-state index in [1.54, 1.807) is 31.4 Å². The zero-order valence-electron chi connectivity index (χ0n) is 13.8. The number of hydrogen-bond donors (Lipinski definition) is 2. The number of amides is 1. The van der Waals surface area contributed by atoms with Crippen LogP contribution in [0.5, 0.6) is 0 Å². The van der Waals surface area contributed by atoms with E-state index in [1.165, 1.54) is 40.6 Å². The first-order chi connectivity index (χ1) is 11.4. The summed E-state index contributed by atoms with van der Waals surface area (Å²) in [5, 5.41) is 16.1. The van der Waals surface area contributed by atoms with Crippen LogP contribution in [0.1, 0.15) is 53.2 Å². The lowest BCUT2D eigenvalue weighted by Crippen LogP contribution is -2.35. The number of nitrogens with one attached hydrogen (secondary N) is 1. The van der Waals surface area contributed by atoms with Gasteiger partial charge in [-0.25, -0.2) is 4.79 Å². The number of thiophene rings is 1. The van der Waals surface area contributed by atoms with Crippen molar-refractivity contribution in [2.75, 3.05) is 5.32 Å². The molecule has 0 spiro atoms. The molecule has 0 saturated carbocycles. The Hall–Kier alpha value is -2.15. The number of anilines is 1. The van der Waals surface area contributed by atoms with Crippen LogP contribution in [-0.4, -0.2) is 26.8 Å². The predicted octanol–water partition coefficient (Wildman–Crippen LogP) is 3.29. The van der Waals surface area contributed by atoms with Crippen LogP contribution in [-0.2, 0) is 23.2 Å². The summed E-state index contributed by atoms with van der Waals surface area (Å²) in [5.41, 5.74) is 0.631. The quantitative estimate of drug-likeness (QED) is 0.831. The van der Waals surface area contributed by atoms with Crippen molar-refractivity contribution >= 4 is 28.9 Å². The van der Waals surface area contributed by atoms with Gasteiger partial charge in [0.25, 0.3) is 5.91 Å². The molecule has 0 bridgehead atoms. The van der Waals surface area contributed by atoms with Crippen LogP contribution in [0.15, 0.2) is 18.5 Å². The van der Waals surface area contributed by atoms with E-state index in [0.29, 0.717) is 10.6 Å². The standard InChI is InChI=1S/C17H21N3O3S/c1-17(2,16(22)23)20-10-12(9-18-20)19-15(21)14-8-11-6-4-3-5-7-13(11)24-14/h8-10H,3-7H2,1-2H3,(H,19,21)(H,22,23). The van der Waals surface area contributed by atoms with Crippen molar-refractivity contribution in [1.29, 1.82) is 0 Å². The summed E-state index contributed by atoms with van der Waals surface area (Å²) in [6.45, 7) is 3.12. The van der Waals surface area contributed by atoms with E-state index in [4.69, 9.17) is 0 Å². The van der Waals surface area contributed by atoms with Gasteiger partial charge in [0.15, 0.2) is 5.54 Å². The first-order valence-corrected chi connectivity index (χ1v) is 8.91. The molecular formula is C17H21N3O3S. The van der Waals surface area contributed by atoms with Gasteiger partial charge in [0, 0.05) is 11.1 Å². The second kappa shape index (κ2) is 6.39. The van der Waals surface area contributed by atoms with Crippen LogP contribution < -0.4 is 5.32 Å². The normalized spacial score (nSPS) is 14.8.